The van der Waals surface area contributed by atoms with Gasteiger partial charge < -0.3 is 15.7 Å². The molecule has 10 heteroatoms. The molecule has 0 saturated carbocycles. The number of fused-ring (bicyclic) bond motifs is 2. The van der Waals surface area contributed by atoms with Crippen molar-refractivity contribution in [2.75, 3.05) is 5.73 Å². The number of hydrogen-bond donors (Lipinski definition) is 3. The van der Waals surface area contributed by atoms with Crippen LogP contribution >= 0.6 is 15.9 Å². The van der Waals surface area contributed by atoms with Gasteiger partial charge in [0.15, 0.2) is 0 Å². The molecule has 6 rings (SSSR count). The first-order valence-electron chi connectivity index (χ1n) is 11.4. The molecule has 6 aromatic rings. The number of nitro groups is 2. The van der Waals surface area contributed by atoms with Gasteiger partial charge in [-0.25, -0.2) is 0 Å². The lowest BCUT2D eigenvalue weighted by atomic mass is 10.1. The second-order valence-corrected chi connectivity index (χ2v) is 9.47. The zero-order valence-corrected chi connectivity index (χ0v) is 21.3. The summed E-state index contributed by atoms with van der Waals surface area (Å²) in [6, 6.07) is 28.6. The number of anilines is 1. The summed E-state index contributed by atoms with van der Waals surface area (Å²) in [5.74, 6) is 0. The molecule has 9 nitrogen and oxygen atoms in total. The van der Waals surface area contributed by atoms with Crippen molar-refractivity contribution in [2.45, 2.75) is 0 Å². The van der Waals surface area contributed by atoms with Crippen LogP contribution in [0.1, 0.15) is 0 Å². The molecular formula is C28H20BrN5O4. The Morgan fingerprint density at radius 1 is 0.605 bits per heavy atom. The van der Waals surface area contributed by atoms with Crippen molar-refractivity contribution in [3.63, 3.8) is 0 Å². The molecule has 4 N–H and O–H groups in total. The van der Waals surface area contributed by atoms with E-state index in [4.69, 9.17) is 5.73 Å². The van der Waals surface area contributed by atoms with Crippen LogP contribution in [0.4, 0.5) is 17.1 Å². The van der Waals surface area contributed by atoms with E-state index in [0.717, 1.165) is 48.8 Å². The Bertz CT molecular complexity index is 1660. The summed E-state index contributed by atoms with van der Waals surface area (Å²) in [5, 5.41) is 23.4. The number of benzene rings is 4. The normalized spacial score (nSPS) is 10.8. The van der Waals surface area contributed by atoms with Gasteiger partial charge in [0.25, 0.3) is 11.4 Å². The van der Waals surface area contributed by atoms with Gasteiger partial charge in [0.2, 0.25) is 0 Å². The highest BCUT2D eigenvalue weighted by Gasteiger charge is 2.09. The minimum atomic E-state index is -0.407. The number of nitrogens with one attached hydrogen (secondary N) is 2. The fourth-order valence-corrected chi connectivity index (χ4v) is 4.47. The van der Waals surface area contributed by atoms with Crippen LogP contribution in [0, 0.1) is 20.2 Å². The molecule has 0 bridgehead atoms. The van der Waals surface area contributed by atoms with E-state index >= 15 is 0 Å². The van der Waals surface area contributed by atoms with Crippen LogP contribution in [0.5, 0.6) is 0 Å². The van der Waals surface area contributed by atoms with Gasteiger partial charge in [0, 0.05) is 67.6 Å². The van der Waals surface area contributed by atoms with Gasteiger partial charge in [0.05, 0.1) is 9.85 Å². The lowest BCUT2D eigenvalue weighted by Crippen LogP contribution is -1.87. The molecule has 38 heavy (non-hydrogen) atoms. The standard InChI is InChI=1S/C14H9BrN2O2.C14H11N3O2/c2*15-11-3-6-13-10(7-11)8-14(16-13)9-1-4-12(5-2-9)17(18)19/h1-8,16H;1-8,16H,15H2. The molecule has 188 valence electrons. The summed E-state index contributed by atoms with van der Waals surface area (Å²) in [7, 11) is 0. The van der Waals surface area contributed by atoms with Crippen molar-refractivity contribution >= 4 is 54.8 Å². The smallest absolute Gasteiger partial charge is 0.269 e. The number of nitrogens with zero attached hydrogens (tertiary/aromatic N) is 2. The molecular weight excluding hydrogens is 550 g/mol. The van der Waals surface area contributed by atoms with Gasteiger partial charge in [-0.2, -0.15) is 0 Å². The van der Waals surface area contributed by atoms with E-state index in [-0.39, 0.29) is 11.4 Å². The van der Waals surface area contributed by atoms with Crippen LogP contribution in [-0.4, -0.2) is 19.8 Å². The van der Waals surface area contributed by atoms with E-state index in [1.54, 1.807) is 24.3 Å². The summed E-state index contributed by atoms with van der Waals surface area (Å²) >= 11 is 3.43. The number of aromatic nitrogens is 2. The number of rotatable bonds is 4. The summed E-state index contributed by atoms with van der Waals surface area (Å²) in [6.07, 6.45) is 0. The molecule has 0 aliphatic heterocycles. The highest BCUT2D eigenvalue weighted by atomic mass is 79.9. The van der Waals surface area contributed by atoms with Crippen molar-refractivity contribution in [2.24, 2.45) is 0 Å². The van der Waals surface area contributed by atoms with Crippen molar-refractivity contribution in [1.82, 2.24) is 9.97 Å². The molecule has 0 spiro atoms. The molecule has 0 amide bonds. The molecule has 0 aliphatic carbocycles. The number of H-pyrrole nitrogens is 2. The molecule has 2 heterocycles. The number of halogens is 1. The fraction of sp³-hybridized carbons (Fsp3) is 0. The first-order chi connectivity index (χ1) is 18.3. The lowest BCUT2D eigenvalue weighted by molar-refractivity contribution is -0.385. The topological polar surface area (TPSA) is 144 Å². The van der Waals surface area contributed by atoms with Gasteiger partial charge in [-0.1, -0.05) is 15.9 Å². The lowest BCUT2D eigenvalue weighted by Gasteiger charge is -1.97. The summed E-state index contributed by atoms with van der Waals surface area (Å²) < 4.78 is 1.02. The third-order valence-corrected chi connectivity index (χ3v) is 6.50. The Balaban J connectivity index is 0.000000155. The zero-order valence-electron chi connectivity index (χ0n) is 19.7. The number of nitro benzene ring substituents is 2. The largest absolute Gasteiger partial charge is 0.399 e. The third-order valence-electron chi connectivity index (χ3n) is 6.01. The van der Waals surface area contributed by atoms with Crippen molar-refractivity contribution in [3.05, 3.63) is 122 Å². The SMILES string of the molecule is Nc1ccc2[nH]c(-c3ccc([N+](=O)[O-])cc3)cc2c1.O=[N+]([O-])c1ccc(-c2cc3cc(Br)ccc3[nH]2)cc1. The van der Waals surface area contributed by atoms with E-state index in [1.807, 2.05) is 48.5 Å². The molecule has 2 aromatic heterocycles. The number of hydrogen-bond acceptors (Lipinski definition) is 5. The summed E-state index contributed by atoms with van der Waals surface area (Å²) in [6.45, 7) is 0. The fourth-order valence-electron chi connectivity index (χ4n) is 4.09. The molecule has 0 aliphatic rings. The molecule has 0 saturated heterocycles. The number of aromatic amines is 2. The number of nitrogen functional groups attached to an aromatic ring is 1. The Kier molecular flexibility index (Phi) is 6.63. The van der Waals surface area contributed by atoms with E-state index in [0.29, 0.717) is 5.69 Å². The predicted octanol–water partition coefficient (Wildman–Crippen LogP) is 7.83. The molecule has 4 aromatic carbocycles. The second kappa shape index (κ2) is 10.2. The maximum absolute atomic E-state index is 10.6. The van der Waals surface area contributed by atoms with Crippen LogP contribution in [0.25, 0.3) is 44.3 Å². The maximum atomic E-state index is 10.6. The van der Waals surface area contributed by atoms with Gasteiger partial charge in [-0.3, -0.25) is 20.2 Å². The van der Waals surface area contributed by atoms with Crippen molar-refractivity contribution < 1.29 is 9.85 Å². The number of nitrogens with two attached hydrogens (primary N) is 1. The molecule has 0 fully saturated rings. The average molecular weight is 570 g/mol. The quantitative estimate of drug-likeness (QED) is 0.112. The Morgan fingerprint density at radius 3 is 1.53 bits per heavy atom. The van der Waals surface area contributed by atoms with Crippen molar-refractivity contribution in [3.8, 4) is 22.5 Å². The van der Waals surface area contributed by atoms with Crippen LogP contribution in [0.2, 0.25) is 0 Å². The maximum Gasteiger partial charge on any atom is 0.269 e. The van der Waals surface area contributed by atoms with Crippen LogP contribution in [0.15, 0.2) is 102 Å². The van der Waals surface area contributed by atoms with Gasteiger partial charge in [0.1, 0.15) is 0 Å². The molecule has 0 radical (unpaired) electrons. The van der Waals surface area contributed by atoms with Crippen LogP contribution in [-0.2, 0) is 0 Å². The molecule has 0 unspecified atom stereocenters. The minimum Gasteiger partial charge on any atom is -0.399 e. The van der Waals surface area contributed by atoms with Gasteiger partial charge in [-0.15, -0.1) is 0 Å². The highest BCUT2D eigenvalue weighted by Crippen LogP contribution is 2.28. The Hall–Kier alpha value is -4.96. The first kappa shape index (κ1) is 24.7. The summed E-state index contributed by atoms with van der Waals surface area (Å²) in [5.41, 5.74) is 12.4. The molecule has 0 atom stereocenters. The van der Waals surface area contributed by atoms with E-state index in [2.05, 4.69) is 25.9 Å². The van der Waals surface area contributed by atoms with E-state index in [1.165, 1.54) is 24.3 Å². The third kappa shape index (κ3) is 5.25. The zero-order chi connectivity index (χ0) is 26.8. The van der Waals surface area contributed by atoms with Gasteiger partial charge >= 0.3 is 0 Å². The van der Waals surface area contributed by atoms with E-state index in [9.17, 15) is 20.2 Å². The second-order valence-electron chi connectivity index (χ2n) is 8.55. The summed E-state index contributed by atoms with van der Waals surface area (Å²) in [4.78, 5) is 27.0. The minimum absolute atomic E-state index is 0.0871. The first-order valence-corrected chi connectivity index (χ1v) is 12.2. The highest BCUT2D eigenvalue weighted by molar-refractivity contribution is 9.10. The Morgan fingerprint density at radius 2 is 1.05 bits per heavy atom. The van der Waals surface area contributed by atoms with Crippen molar-refractivity contribution in [1.29, 1.82) is 0 Å². The average Bonchev–Trinajstić information content (AvgIpc) is 3.53. The van der Waals surface area contributed by atoms with Crippen LogP contribution < -0.4 is 5.73 Å². The van der Waals surface area contributed by atoms with E-state index < -0.39 is 9.85 Å². The number of non-ortho nitro benzene ring substituents is 2. The monoisotopic (exact) mass is 569 g/mol. The van der Waals surface area contributed by atoms with Crippen LogP contribution in [0.3, 0.4) is 0 Å². The Labute approximate surface area is 224 Å². The predicted molar refractivity (Wildman–Crippen MR) is 153 cm³/mol. The van der Waals surface area contributed by atoms with Gasteiger partial charge in [-0.05, 0) is 83.9 Å².